The number of nitrogens with zero attached hydrogens (tertiary/aromatic N) is 2. The Kier molecular flexibility index (Phi) is 2.98. The summed E-state index contributed by atoms with van der Waals surface area (Å²) in [5.41, 5.74) is 0.824. The van der Waals surface area contributed by atoms with E-state index in [1.165, 1.54) is 0 Å². The van der Waals surface area contributed by atoms with Crippen molar-refractivity contribution in [1.29, 1.82) is 0 Å². The summed E-state index contributed by atoms with van der Waals surface area (Å²) < 4.78 is 15.6. The molecule has 0 unspecified atom stereocenters. The van der Waals surface area contributed by atoms with E-state index in [9.17, 15) is 0 Å². The van der Waals surface area contributed by atoms with Crippen LogP contribution >= 0.6 is 0 Å². The Balaban J connectivity index is 1.85. The first-order chi connectivity index (χ1) is 9.30. The van der Waals surface area contributed by atoms with Gasteiger partial charge >= 0.3 is 6.01 Å². The van der Waals surface area contributed by atoms with Crippen LogP contribution in [0.5, 0.6) is 11.5 Å². The summed E-state index contributed by atoms with van der Waals surface area (Å²) in [6, 6.07) is 6.46. The highest BCUT2D eigenvalue weighted by Gasteiger charge is 2.23. The van der Waals surface area contributed by atoms with Crippen LogP contribution in [-0.2, 0) is 0 Å². The summed E-state index contributed by atoms with van der Waals surface area (Å²) in [6.45, 7) is 0. The van der Waals surface area contributed by atoms with Crippen LogP contribution in [0, 0.1) is 0 Å². The second-order valence-corrected chi connectivity index (χ2v) is 4.41. The van der Waals surface area contributed by atoms with Gasteiger partial charge in [-0.2, -0.15) is 4.98 Å². The molecule has 0 spiro atoms. The van der Waals surface area contributed by atoms with Crippen molar-refractivity contribution in [2.45, 2.75) is 18.9 Å². The second-order valence-electron chi connectivity index (χ2n) is 4.41. The molecular formula is C13H15N3O3. The number of rotatable bonds is 5. The summed E-state index contributed by atoms with van der Waals surface area (Å²) in [4.78, 5) is 4.31. The van der Waals surface area contributed by atoms with Gasteiger partial charge in [-0.25, -0.2) is 0 Å². The van der Waals surface area contributed by atoms with Crippen LogP contribution in [0.3, 0.4) is 0 Å². The normalized spacial score (nSPS) is 14.2. The smallest absolute Gasteiger partial charge is 0.322 e. The second kappa shape index (κ2) is 4.79. The van der Waals surface area contributed by atoms with E-state index in [0.717, 1.165) is 18.4 Å². The molecule has 0 saturated heterocycles. The van der Waals surface area contributed by atoms with E-state index >= 15 is 0 Å². The maximum atomic E-state index is 5.25. The van der Waals surface area contributed by atoms with Gasteiger partial charge in [0.1, 0.15) is 0 Å². The Labute approximate surface area is 110 Å². The average Bonchev–Trinajstić information content (AvgIpc) is 3.13. The highest BCUT2D eigenvalue weighted by molar-refractivity contribution is 5.61. The molecular weight excluding hydrogens is 246 g/mol. The molecule has 0 radical (unpaired) electrons. The van der Waals surface area contributed by atoms with E-state index in [4.69, 9.17) is 14.0 Å². The van der Waals surface area contributed by atoms with Crippen molar-refractivity contribution < 1.29 is 14.0 Å². The third-order valence-corrected chi connectivity index (χ3v) is 2.97. The minimum absolute atomic E-state index is 0.465. The fourth-order valence-corrected chi connectivity index (χ4v) is 1.78. The van der Waals surface area contributed by atoms with Crippen molar-refractivity contribution in [2.24, 2.45) is 0 Å². The van der Waals surface area contributed by atoms with Crippen LogP contribution in [0.15, 0.2) is 22.7 Å². The van der Waals surface area contributed by atoms with Gasteiger partial charge in [-0.05, 0) is 31.0 Å². The Morgan fingerprint density at radius 3 is 2.68 bits per heavy atom. The maximum Gasteiger partial charge on any atom is 0.322 e. The molecule has 1 fully saturated rings. The van der Waals surface area contributed by atoms with Crippen molar-refractivity contribution in [1.82, 2.24) is 10.1 Å². The lowest BCUT2D eigenvalue weighted by Crippen LogP contribution is -2.00. The molecule has 1 saturated carbocycles. The van der Waals surface area contributed by atoms with Gasteiger partial charge in [-0.1, -0.05) is 5.16 Å². The Bertz CT molecular complexity index is 578. The molecule has 1 N–H and O–H groups in total. The van der Waals surface area contributed by atoms with Gasteiger partial charge in [0.15, 0.2) is 11.5 Å². The number of nitrogens with one attached hydrogen (secondary N) is 1. The molecule has 0 bridgehead atoms. The van der Waals surface area contributed by atoms with E-state index in [2.05, 4.69) is 15.5 Å². The van der Waals surface area contributed by atoms with E-state index in [1.807, 2.05) is 18.2 Å². The first-order valence-electron chi connectivity index (χ1n) is 6.13. The van der Waals surface area contributed by atoms with E-state index in [1.54, 1.807) is 14.2 Å². The Hall–Kier alpha value is -2.24. The van der Waals surface area contributed by atoms with Gasteiger partial charge in [0.05, 0.1) is 14.2 Å². The predicted molar refractivity (Wildman–Crippen MR) is 69.5 cm³/mol. The van der Waals surface area contributed by atoms with Crippen LogP contribution in [0.4, 0.5) is 6.01 Å². The molecule has 1 aliphatic carbocycles. The number of hydrogen-bond donors (Lipinski definition) is 1. The van der Waals surface area contributed by atoms with E-state index in [0.29, 0.717) is 29.4 Å². The van der Waals surface area contributed by atoms with Gasteiger partial charge < -0.3 is 19.3 Å². The van der Waals surface area contributed by atoms with Crippen LogP contribution in [0.25, 0.3) is 11.4 Å². The van der Waals surface area contributed by atoms with Gasteiger partial charge in [-0.15, -0.1) is 0 Å². The van der Waals surface area contributed by atoms with Crippen molar-refractivity contribution in [2.75, 3.05) is 19.5 Å². The Morgan fingerprint density at radius 2 is 2.00 bits per heavy atom. The minimum atomic E-state index is 0.465. The predicted octanol–water partition coefficient (Wildman–Crippen LogP) is 2.33. The molecule has 1 aliphatic rings. The van der Waals surface area contributed by atoms with Crippen molar-refractivity contribution in [3.05, 3.63) is 18.2 Å². The topological polar surface area (TPSA) is 69.4 Å². The first kappa shape index (κ1) is 11.8. The number of anilines is 1. The molecule has 19 heavy (non-hydrogen) atoms. The maximum absolute atomic E-state index is 5.25. The van der Waals surface area contributed by atoms with Gasteiger partial charge in [0, 0.05) is 11.6 Å². The molecule has 1 heterocycles. The fourth-order valence-electron chi connectivity index (χ4n) is 1.78. The third-order valence-electron chi connectivity index (χ3n) is 2.97. The number of aromatic nitrogens is 2. The van der Waals surface area contributed by atoms with Gasteiger partial charge in [0.25, 0.3) is 0 Å². The van der Waals surface area contributed by atoms with Crippen molar-refractivity contribution in [3.8, 4) is 22.9 Å². The summed E-state index contributed by atoms with van der Waals surface area (Å²) >= 11 is 0. The lowest BCUT2D eigenvalue weighted by Gasteiger charge is -2.07. The zero-order valence-electron chi connectivity index (χ0n) is 10.8. The SMILES string of the molecule is COc1ccc(-c2noc(NC3CC3)n2)cc1OC. The van der Waals surface area contributed by atoms with E-state index < -0.39 is 0 Å². The molecule has 100 valence electrons. The third kappa shape index (κ3) is 2.47. The number of hydrogen-bond acceptors (Lipinski definition) is 6. The highest BCUT2D eigenvalue weighted by atomic mass is 16.5. The van der Waals surface area contributed by atoms with Crippen molar-refractivity contribution in [3.63, 3.8) is 0 Å². The summed E-state index contributed by atoms with van der Waals surface area (Å²) in [6.07, 6.45) is 2.32. The summed E-state index contributed by atoms with van der Waals surface area (Å²) in [7, 11) is 3.20. The molecule has 3 rings (SSSR count). The molecule has 6 nitrogen and oxygen atoms in total. The zero-order chi connectivity index (χ0) is 13.2. The van der Waals surface area contributed by atoms with Crippen molar-refractivity contribution >= 4 is 6.01 Å². The van der Waals surface area contributed by atoms with Gasteiger partial charge in [-0.3, -0.25) is 0 Å². The van der Waals surface area contributed by atoms with E-state index in [-0.39, 0.29) is 0 Å². The zero-order valence-corrected chi connectivity index (χ0v) is 10.8. The molecule has 0 amide bonds. The molecule has 0 atom stereocenters. The van der Waals surface area contributed by atoms with Crippen LogP contribution in [0.2, 0.25) is 0 Å². The average molecular weight is 261 g/mol. The number of ether oxygens (including phenoxy) is 2. The standard InChI is InChI=1S/C13H15N3O3/c1-17-10-6-3-8(7-11(10)18-2)12-15-13(19-16-12)14-9-4-5-9/h3,6-7,9H,4-5H2,1-2H3,(H,14,15,16). The quantitative estimate of drug-likeness (QED) is 0.890. The summed E-state index contributed by atoms with van der Waals surface area (Å²) in [5.74, 6) is 1.84. The lowest BCUT2D eigenvalue weighted by atomic mass is 10.2. The monoisotopic (exact) mass is 261 g/mol. The highest BCUT2D eigenvalue weighted by Crippen LogP contribution is 2.32. The largest absolute Gasteiger partial charge is 0.493 e. The number of benzene rings is 1. The van der Waals surface area contributed by atoms with Crippen LogP contribution in [-0.4, -0.2) is 30.4 Å². The molecule has 2 aromatic rings. The van der Waals surface area contributed by atoms with Gasteiger partial charge in [0.2, 0.25) is 5.82 Å². The molecule has 1 aromatic heterocycles. The lowest BCUT2D eigenvalue weighted by molar-refractivity contribution is 0.355. The Morgan fingerprint density at radius 1 is 1.21 bits per heavy atom. The molecule has 0 aliphatic heterocycles. The van der Waals surface area contributed by atoms with Crippen LogP contribution < -0.4 is 14.8 Å². The fraction of sp³-hybridized carbons (Fsp3) is 0.385. The summed E-state index contributed by atoms with van der Waals surface area (Å²) in [5, 5.41) is 7.11. The van der Waals surface area contributed by atoms with Crippen LogP contribution in [0.1, 0.15) is 12.8 Å². The molecule has 1 aromatic carbocycles. The number of methoxy groups -OCH3 is 2. The molecule has 6 heteroatoms. The minimum Gasteiger partial charge on any atom is -0.493 e. The first-order valence-corrected chi connectivity index (χ1v) is 6.13.